The minimum atomic E-state index is -4.44. The van der Waals surface area contributed by atoms with Crippen LogP contribution in [0.1, 0.15) is 11.1 Å². The molecule has 2 heterocycles. The SMILES string of the molecule is O=S1C(=S)N(c2cccc(C(F)(F)F)c2)CC1=Cc1ccncc1. The van der Waals surface area contributed by atoms with E-state index in [1.165, 1.54) is 17.0 Å². The van der Waals surface area contributed by atoms with Gasteiger partial charge in [0.2, 0.25) is 0 Å². The van der Waals surface area contributed by atoms with Crippen molar-refractivity contribution in [3.05, 3.63) is 64.8 Å². The highest BCUT2D eigenvalue weighted by molar-refractivity contribution is 8.16. The molecule has 3 nitrogen and oxygen atoms in total. The van der Waals surface area contributed by atoms with E-state index in [0.717, 1.165) is 17.7 Å². The number of aromatic nitrogens is 1. The average molecular weight is 368 g/mol. The highest BCUT2D eigenvalue weighted by atomic mass is 32.2. The van der Waals surface area contributed by atoms with Crippen LogP contribution in [0.25, 0.3) is 6.08 Å². The summed E-state index contributed by atoms with van der Waals surface area (Å²) in [6, 6.07) is 8.34. The van der Waals surface area contributed by atoms with E-state index in [4.69, 9.17) is 12.2 Å². The van der Waals surface area contributed by atoms with Crippen molar-refractivity contribution in [1.29, 1.82) is 0 Å². The van der Waals surface area contributed by atoms with Crippen molar-refractivity contribution in [3.63, 3.8) is 0 Å². The molecule has 1 aliphatic heterocycles. The molecule has 0 amide bonds. The smallest absolute Gasteiger partial charge is 0.320 e. The van der Waals surface area contributed by atoms with E-state index >= 15 is 0 Å². The minimum absolute atomic E-state index is 0.106. The predicted molar refractivity (Wildman–Crippen MR) is 91.7 cm³/mol. The summed E-state index contributed by atoms with van der Waals surface area (Å²) in [5, 5.41) is 0. The number of hydrogen-bond acceptors (Lipinski definition) is 3. The van der Waals surface area contributed by atoms with Crippen molar-refractivity contribution in [3.8, 4) is 0 Å². The number of nitrogens with zero attached hydrogens (tertiary/aromatic N) is 2. The van der Waals surface area contributed by atoms with E-state index in [0.29, 0.717) is 4.91 Å². The lowest BCUT2D eigenvalue weighted by atomic mass is 10.2. The first-order valence-corrected chi connectivity index (χ1v) is 8.43. The molecule has 1 aromatic heterocycles. The molecule has 8 heteroatoms. The summed E-state index contributed by atoms with van der Waals surface area (Å²) >= 11 is 5.17. The molecule has 0 N–H and O–H groups in total. The Morgan fingerprint density at radius 1 is 1.21 bits per heavy atom. The van der Waals surface area contributed by atoms with Crippen LogP contribution in [-0.2, 0) is 17.0 Å². The van der Waals surface area contributed by atoms with E-state index in [-0.39, 0.29) is 16.6 Å². The molecule has 1 aliphatic rings. The van der Waals surface area contributed by atoms with Gasteiger partial charge in [-0.1, -0.05) is 6.07 Å². The molecule has 0 saturated carbocycles. The zero-order valence-electron chi connectivity index (χ0n) is 12.2. The zero-order valence-corrected chi connectivity index (χ0v) is 13.8. The summed E-state index contributed by atoms with van der Waals surface area (Å²) in [4.78, 5) is 5.91. The van der Waals surface area contributed by atoms with Crippen LogP contribution in [0.2, 0.25) is 0 Å². The van der Waals surface area contributed by atoms with Gasteiger partial charge in [0.15, 0.2) is 4.32 Å². The second kappa shape index (κ2) is 6.45. The van der Waals surface area contributed by atoms with Crippen molar-refractivity contribution in [2.75, 3.05) is 11.4 Å². The highest BCUT2D eigenvalue weighted by Crippen LogP contribution is 2.34. The van der Waals surface area contributed by atoms with Crippen LogP contribution in [0.3, 0.4) is 0 Å². The lowest BCUT2D eigenvalue weighted by Gasteiger charge is -2.17. The maximum atomic E-state index is 12.9. The summed E-state index contributed by atoms with van der Waals surface area (Å²) in [6.07, 6.45) is 0.490. The van der Waals surface area contributed by atoms with Crippen LogP contribution in [0, 0.1) is 0 Å². The first-order valence-electron chi connectivity index (χ1n) is 6.87. The molecule has 1 unspecified atom stereocenters. The maximum Gasteiger partial charge on any atom is 0.416 e. The Bertz CT molecular complexity index is 835. The second-order valence-electron chi connectivity index (χ2n) is 5.06. The van der Waals surface area contributed by atoms with Crippen molar-refractivity contribution in [1.82, 2.24) is 4.98 Å². The van der Waals surface area contributed by atoms with Gasteiger partial charge in [-0.3, -0.25) is 4.98 Å². The molecule has 24 heavy (non-hydrogen) atoms. The van der Waals surface area contributed by atoms with Crippen LogP contribution >= 0.6 is 12.2 Å². The molecule has 2 aromatic rings. The first-order chi connectivity index (χ1) is 11.4. The Hall–Kier alpha value is -2.06. The number of thiocarbonyl (C=S) groups is 1. The van der Waals surface area contributed by atoms with E-state index < -0.39 is 22.5 Å². The molecule has 3 rings (SSSR count). The molecule has 1 atom stereocenters. The summed E-state index contributed by atoms with van der Waals surface area (Å²) in [5.41, 5.74) is 0.323. The molecule has 1 fully saturated rings. The van der Waals surface area contributed by atoms with Crippen molar-refractivity contribution >= 4 is 39.1 Å². The summed E-state index contributed by atoms with van der Waals surface area (Å²) in [5.74, 6) is 0. The standard InChI is InChI=1S/C16H11F3N2OS2/c17-16(18,19)12-2-1-3-13(9-12)21-10-14(24(22)15(21)23)8-11-4-6-20-7-5-11/h1-9H,10H2. The fraction of sp³-hybridized carbons (Fsp3) is 0.125. The van der Waals surface area contributed by atoms with Crippen molar-refractivity contribution < 1.29 is 17.4 Å². The first kappa shape index (κ1) is 16.8. The molecule has 124 valence electrons. The third kappa shape index (κ3) is 3.39. The van der Waals surface area contributed by atoms with Gasteiger partial charge in [-0.25, -0.2) is 4.21 Å². The number of pyridine rings is 1. The molecular weight excluding hydrogens is 357 g/mol. The van der Waals surface area contributed by atoms with E-state index in [1.807, 2.05) is 0 Å². The predicted octanol–water partition coefficient (Wildman–Crippen LogP) is 4.00. The molecule has 0 aliphatic carbocycles. The van der Waals surface area contributed by atoms with Crippen LogP contribution < -0.4 is 4.90 Å². The second-order valence-corrected chi connectivity index (χ2v) is 7.15. The Morgan fingerprint density at radius 3 is 2.58 bits per heavy atom. The third-order valence-corrected chi connectivity index (χ3v) is 5.39. The van der Waals surface area contributed by atoms with Gasteiger partial charge in [0.25, 0.3) is 0 Å². The van der Waals surface area contributed by atoms with Gasteiger partial charge in [0, 0.05) is 23.0 Å². The lowest BCUT2D eigenvalue weighted by molar-refractivity contribution is -0.137. The fourth-order valence-electron chi connectivity index (χ4n) is 2.28. The maximum absolute atomic E-state index is 12.9. The van der Waals surface area contributed by atoms with Crippen LogP contribution in [-0.4, -0.2) is 20.1 Å². The van der Waals surface area contributed by atoms with Crippen LogP contribution in [0.4, 0.5) is 18.9 Å². The quantitative estimate of drug-likeness (QED) is 0.751. The Morgan fingerprint density at radius 2 is 1.92 bits per heavy atom. The van der Waals surface area contributed by atoms with Gasteiger partial charge in [0.05, 0.1) is 12.1 Å². The van der Waals surface area contributed by atoms with E-state index in [1.54, 1.807) is 30.6 Å². The Kier molecular flexibility index (Phi) is 4.51. The average Bonchev–Trinajstić information content (AvgIpc) is 2.84. The van der Waals surface area contributed by atoms with Gasteiger partial charge in [-0.15, -0.1) is 0 Å². The number of anilines is 1. The summed E-state index contributed by atoms with van der Waals surface area (Å²) in [7, 11) is -1.55. The number of halogens is 3. The zero-order chi connectivity index (χ0) is 17.3. The van der Waals surface area contributed by atoms with Gasteiger partial charge in [-0.05, 0) is 54.2 Å². The fourth-order valence-corrected chi connectivity index (χ4v) is 3.86. The summed E-state index contributed by atoms with van der Waals surface area (Å²) < 4.78 is 51.1. The van der Waals surface area contributed by atoms with Crippen molar-refractivity contribution in [2.45, 2.75) is 6.18 Å². The number of alkyl halides is 3. The number of rotatable bonds is 2. The monoisotopic (exact) mass is 368 g/mol. The van der Waals surface area contributed by atoms with Gasteiger partial charge in [-0.2, -0.15) is 13.2 Å². The minimum Gasteiger partial charge on any atom is -0.320 e. The molecule has 0 radical (unpaired) electrons. The third-order valence-electron chi connectivity index (χ3n) is 3.45. The van der Waals surface area contributed by atoms with Crippen LogP contribution in [0.15, 0.2) is 53.7 Å². The highest BCUT2D eigenvalue weighted by Gasteiger charge is 2.34. The summed E-state index contributed by atoms with van der Waals surface area (Å²) in [6.45, 7) is 0.190. The molecule has 1 saturated heterocycles. The van der Waals surface area contributed by atoms with Gasteiger partial charge in [0.1, 0.15) is 10.8 Å². The number of hydrogen-bond donors (Lipinski definition) is 0. The topological polar surface area (TPSA) is 33.2 Å². The molecular formula is C16H11F3N2OS2. The largest absolute Gasteiger partial charge is 0.416 e. The Labute approximate surface area is 144 Å². The van der Waals surface area contributed by atoms with E-state index in [9.17, 15) is 17.4 Å². The molecule has 0 spiro atoms. The molecule has 1 aromatic carbocycles. The Balaban J connectivity index is 1.93. The van der Waals surface area contributed by atoms with E-state index in [2.05, 4.69) is 4.98 Å². The van der Waals surface area contributed by atoms with Gasteiger partial charge >= 0.3 is 6.18 Å². The molecule has 0 bridgehead atoms. The van der Waals surface area contributed by atoms with Crippen LogP contribution in [0.5, 0.6) is 0 Å². The number of benzene rings is 1. The lowest BCUT2D eigenvalue weighted by Crippen LogP contribution is -2.24. The van der Waals surface area contributed by atoms with Gasteiger partial charge < -0.3 is 4.90 Å². The van der Waals surface area contributed by atoms with Crippen molar-refractivity contribution in [2.24, 2.45) is 0 Å². The normalized spacial score (nSPS) is 20.0.